The van der Waals surface area contributed by atoms with Gasteiger partial charge in [0.2, 0.25) is 12.3 Å². The highest BCUT2D eigenvalue weighted by atomic mass is 31.2. The first kappa shape index (κ1) is 32.2. The van der Waals surface area contributed by atoms with E-state index < -0.39 is 8.38 Å². The minimum absolute atomic E-state index is 0.107. The quantitative estimate of drug-likeness (QED) is 0.0935. The number of β-amino-alcohol motifs (C(OH)–C–C–N with tert-alkyl or cyclic N) is 1. The maximum atomic E-state index is 12.3. The highest BCUT2D eigenvalue weighted by Crippen LogP contribution is 2.29. The Morgan fingerprint density at radius 3 is 2.24 bits per heavy atom. The van der Waals surface area contributed by atoms with Crippen molar-refractivity contribution in [3.8, 4) is 12.3 Å². The number of aliphatic hydroxyl groups excluding tert-OH is 1. The monoisotopic (exact) mass is 530 g/mol. The van der Waals surface area contributed by atoms with Crippen LogP contribution in [0.3, 0.4) is 0 Å². The van der Waals surface area contributed by atoms with Crippen molar-refractivity contribution in [2.24, 2.45) is 17.1 Å². The molecule has 9 nitrogen and oxygen atoms in total. The van der Waals surface area contributed by atoms with Gasteiger partial charge < -0.3 is 25.1 Å². The second-order valence-corrected chi connectivity index (χ2v) is 10.5. The molecule has 1 atom stereocenters. The van der Waals surface area contributed by atoms with Crippen molar-refractivity contribution in [3.63, 3.8) is 0 Å². The van der Waals surface area contributed by atoms with Gasteiger partial charge in [-0.1, -0.05) is 44.0 Å². The molecule has 0 bridgehead atoms. The van der Waals surface area contributed by atoms with Gasteiger partial charge >= 0.3 is 0 Å². The molecule has 2 aromatic carbocycles. The van der Waals surface area contributed by atoms with Crippen LogP contribution in [-0.2, 0) is 22.6 Å². The molecular weight excluding hydrogens is 491 g/mol. The Morgan fingerprint density at radius 2 is 1.76 bits per heavy atom. The van der Waals surface area contributed by atoms with Gasteiger partial charge in [0, 0.05) is 36.9 Å². The molecule has 37 heavy (non-hydrogen) atoms. The summed E-state index contributed by atoms with van der Waals surface area (Å²) in [6.45, 7) is 5.85. The lowest BCUT2D eigenvalue weighted by Gasteiger charge is -2.27. The SMILES string of the molecule is C#Cc1ccc(CNC=O)cc1.CC(C)(CCc1ccc(P(O)O)cc1)CC(=O)N1CCC(O)C1.NN. The van der Waals surface area contributed by atoms with Gasteiger partial charge in [-0.05, 0) is 60.1 Å². The van der Waals surface area contributed by atoms with Crippen LogP contribution >= 0.6 is 8.38 Å². The molecule has 1 fully saturated rings. The molecule has 1 heterocycles. The molecular formula is C27H39N4O5P. The van der Waals surface area contributed by atoms with Crippen LogP contribution in [0.1, 0.15) is 49.8 Å². The summed E-state index contributed by atoms with van der Waals surface area (Å²) in [5, 5.41) is 12.6. The fourth-order valence-electron chi connectivity index (χ4n) is 3.73. The largest absolute Gasteiger partial charge is 0.391 e. The zero-order chi connectivity index (χ0) is 27.8. The zero-order valence-corrected chi connectivity index (χ0v) is 22.4. The molecule has 3 rings (SSSR count). The maximum absolute atomic E-state index is 12.3. The van der Waals surface area contributed by atoms with Crippen molar-refractivity contribution >= 4 is 26.0 Å². The number of carbonyl (C=O) groups is 2. The highest BCUT2D eigenvalue weighted by Gasteiger charge is 2.29. The van der Waals surface area contributed by atoms with E-state index in [9.17, 15) is 14.7 Å². The topological polar surface area (TPSA) is 162 Å². The third-order valence-electron chi connectivity index (χ3n) is 5.91. The summed E-state index contributed by atoms with van der Waals surface area (Å²) < 4.78 is 0. The van der Waals surface area contributed by atoms with E-state index in [1.165, 1.54) is 0 Å². The third kappa shape index (κ3) is 12.3. The Balaban J connectivity index is 0.000000411. The molecule has 1 unspecified atom stereocenters. The molecule has 8 N–H and O–H groups in total. The van der Waals surface area contributed by atoms with E-state index in [0.29, 0.717) is 44.2 Å². The molecule has 0 aliphatic carbocycles. The average Bonchev–Trinajstić information content (AvgIpc) is 3.34. The summed E-state index contributed by atoms with van der Waals surface area (Å²) >= 11 is 0. The number of benzene rings is 2. The van der Waals surface area contributed by atoms with E-state index in [4.69, 9.17) is 16.2 Å². The number of aryl methyl sites for hydroxylation is 1. The molecule has 2 aromatic rings. The Bertz CT molecular complexity index is 991. The third-order valence-corrected chi connectivity index (χ3v) is 6.67. The lowest BCUT2D eigenvalue weighted by molar-refractivity contribution is -0.132. The molecule has 0 radical (unpaired) electrons. The van der Waals surface area contributed by atoms with E-state index in [1.54, 1.807) is 17.0 Å². The van der Waals surface area contributed by atoms with Gasteiger partial charge in [0.1, 0.15) is 0 Å². The Kier molecular flexibility index (Phi) is 14.6. The number of nitrogens with one attached hydrogen (secondary N) is 1. The molecule has 0 saturated carbocycles. The van der Waals surface area contributed by atoms with Crippen LogP contribution in [0.25, 0.3) is 0 Å². The highest BCUT2D eigenvalue weighted by molar-refractivity contribution is 7.54. The molecule has 2 amide bonds. The number of hydrazine groups is 1. The van der Waals surface area contributed by atoms with Gasteiger partial charge in [0.05, 0.1) is 6.10 Å². The molecule has 202 valence electrons. The molecule has 1 saturated heterocycles. The molecule has 1 aliphatic rings. The number of rotatable bonds is 9. The zero-order valence-electron chi connectivity index (χ0n) is 21.5. The van der Waals surface area contributed by atoms with Gasteiger partial charge in [-0.15, -0.1) is 6.42 Å². The number of nitrogens with zero attached hydrogens (tertiary/aromatic N) is 1. The average molecular weight is 531 g/mol. The number of terminal acetylenes is 1. The summed E-state index contributed by atoms with van der Waals surface area (Å²) in [6, 6.07) is 14.8. The fourth-order valence-corrected chi connectivity index (χ4v) is 4.15. The van der Waals surface area contributed by atoms with Gasteiger partial charge in [-0.2, -0.15) is 0 Å². The normalized spacial score (nSPS) is 14.6. The molecule has 10 heteroatoms. The summed E-state index contributed by atoms with van der Waals surface area (Å²) in [6.07, 6.45) is 8.36. The Hall–Kier alpha value is -2.83. The first-order valence-corrected chi connectivity index (χ1v) is 13.2. The number of carbonyl (C=O) groups excluding carboxylic acids is 2. The minimum Gasteiger partial charge on any atom is -0.391 e. The van der Waals surface area contributed by atoms with Crippen molar-refractivity contribution in [2.45, 2.75) is 52.2 Å². The van der Waals surface area contributed by atoms with Gasteiger partial charge in [0.25, 0.3) is 0 Å². The first-order chi connectivity index (χ1) is 17.6. The molecule has 0 aromatic heterocycles. The van der Waals surface area contributed by atoms with E-state index in [-0.39, 0.29) is 17.4 Å². The standard InChI is InChI=1S/C17H26NO4P.C10H9NO.H4N2/c1-17(2,11-16(20)18-10-8-14(19)12-18)9-7-13-3-5-15(6-4-13)23(21)22;1-2-9-3-5-10(6-4-9)7-11-8-12;1-2/h3-6,14,19,21-22H,7-12H2,1-2H3;1,3-6,8H,7H2,(H,11,12);1-2H2. The molecule has 0 spiro atoms. The number of likely N-dealkylation sites (tertiary alicyclic amines) is 1. The van der Waals surface area contributed by atoms with Crippen molar-refractivity contribution < 1.29 is 24.5 Å². The minimum atomic E-state index is -2.03. The predicted octanol–water partition coefficient (Wildman–Crippen LogP) is 1.28. The van der Waals surface area contributed by atoms with Crippen molar-refractivity contribution in [3.05, 3.63) is 65.2 Å². The number of hydrogen-bond donors (Lipinski definition) is 6. The summed E-state index contributed by atoms with van der Waals surface area (Å²) in [4.78, 5) is 42.3. The lowest BCUT2D eigenvalue weighted by atomic mass is 9.82. The Morgan fingerprint density at radius 1 is 1.16 bits per heavy atom. The van der Waals surface area contributed by atoms with Crippen molar-refractivity contribution in [1.82, 2.24) is 10.2 Å². The fraction of sp³-hybridized carbons (Fsp3) is 0.407. The molecule has 1 aliphatic heterocycles. The van der Waals surface area contributed by atoms with Crippen LogP contribution in [0, 0.1) is 17.8 Å². The van der Waals surface area contributed by atoms with Crippen LogP contribution in [0.4, 0.5) is 0 Å². The maximum Gasteiger partial charge on any atom is 0.223 e. The summed E-state index contributed by atoms with van der Waals surface area (Å²) in [7, 11) is -2.03. The number of aliphatic hydroxyl groups is 1. The van der Waals surface area contributed by atoms with Crippen LogP contribution in [0.15, 0.2) is 48.5 Å². The van der Waals surface area contributed by atoms with Crippen molar-refractivity contribution in [2.75, 3.05) is 13.1 Å². The smallest absolute Gasteiger partial charge is 0.223 e. The number of hydrogen-bond acceptors (Lipinski definition) is 7. The summed E-state index contributed by atoms with van der Waals surface area (Å²) in [5.41, 5.74) is 2.91. The number of nitrogens with two attached hydrogens (primary N) is 2. The van der Waals surface area contributed by atoms with Crippen LogP contribution in [0.2, 0.25) is 0 Å². The van der Waals surface area contributed by atoms with E-state index in [0.717, 1.165) is 29.5 Å². The summed E-state index contributed by atoms with van der Waals surface area (Å²) in [5.74, 6) is 10.6. The lowest BCUT2D eigenvalue weighted by Crippen LogP contribution is -2.33. The van der Waals surface area contributed by atoms with Crippen molar-refractivity contribution in [1.29, 1.82) is 0 Å². The van der Waals surface area contributed by atoms with E-state index >= 15 is 0 Å². The predicted molar refractivity (Wildman–Crippen MR) is 147 cm³/mol. The second-order valence-electron chi connectivity index (χ2n) is 9.42. The Labute approximate surface area is 220 Å². The van der Waals surface area contributed by atoms with E-state index in [2.05, 4.69) is 36.8 Å². The van der Waals surface area contributed by atoms with Gasteiger partial charge in [0.15, 0.2) is 8.38 Å². The van der Waals surface area contributed by atoms with Crippen LogP contribution in [0.5, 0.6) is 0 Å². The van der Waals surface area contributed by atoms with E-state index in [1.807, 2.05) is 36.4 Å². The number of amides is 2. The second kappa shape index (κ2) is 16.8. The van der Waals surface area contributed by atoms with Crippen LogP contribution in [-0.4, -0.2) is 51.3 Å². The first-order valence-electron chi connectivity index (χ1n) is 11.9. The van der Waals surface area contributed by atoms with Gasteiger partial charge in [-0.3, -0.25) is 21.3 Å². The van der Waals surface area contributed by atoms with Gasteiger partial charge in [-0.25, -0.2) is 0 Å². The van der Waals surface area contributed by atoms with Crippen LogP contribution < -0.4 is 22.3 Å².